The third-order valence-electron chi connectivity index (χ3n) is 7.22. The molecule has 0 amide bonds. The van der Waals surface area contributed by atoms with Gasteiger partial charge < -0.3 is 15.2 Å². The molecule has 2 heterocycles. The molecule has 0 bridgehead atoms. The van der Waals surface area contributed by atoms with Crippen LogP contribution in [0.25, 0.3) is 5.69 Å². The Kier molecular flexibility index (Phi) is 5.84. The molecule has 1 aliphatic rings. The Bertz CT molecular complexity index is 1460. The van der Waals surface area contributed by atoms with E-state index in [0.29, 0.717) is 12.0 Å². The highest BCUT2D eigenvalue weighted by Gasteiger charge is 2.39. The molecule has 1 aliphatic carbocycles. The van der Waals surface area contributed by atoms with E-state index in [1.54, 1.807) is 23.1 Å². The number of rotatable bonds is 9. The molecule has 36 heavy (non-hydrogen) atoms. The highest BCUT2D eigenvalue weighted by molar-refractivity contribution is 5.88. The van der Waals surface area contributed by atoms with Crippen molar-refractivity contribution in [2.24, 2.45) is 0 Å². The number of carbonyl (C=O) groups is 2. The molecule has 0 spiro atoms. The van der Waals surface area contributed by atoms with Gasteiger partial charge >= 0.3 is 11.9 Å². The van der Waals surface area contributed by atoms with Gasteiger partial charge in [-0.05, 0) is 43.4 Å². The quantitative estimate of drug-likeness (QED) is 0.199. The zero-order valence-electron chi connectivity index (χ0n) is 20.0. The van der Waals surface area contributed by atoms with Crippen LogP contribution in [0.1, 0.15) is 68.9 Å². The van der Waals surface area contributed by atoms with Crippen LogP contribution in [-0.2, 0) is 11.8 Å². The van der Waals surface area contributed by atoms with Gasteiger partial charge in [-0.25, -0.2) is 9.59 Å². The van der Waals surface area contributed by atoms with Gasteiger partial charge in [0.25, 0.3) is 0 Å². The Morgan fingerprint density at radius 1 is 1.03 bits per heavy atom. The summed E-state index contributed by atoms with van der Waals surface area (Å²) in [5.41, 5.74) is 4.70. The number of aromatic carboxylic acids is 2. The van der Waals surface area contributed by atoms with Crippen molar-refractivity contribution >= 4 is 11.9 Å². The second kappa shape index (κ2) is 9.00. The highest BCUT2D eigenvalue weighted by atomic mass is 16.4. The minimum atomic E-state index is -1.01. The van der Waals surface area contributed by atoms with Gasteiger partial charge in [-0.1, -0.05) is 65.4 Å². The Balaban J connectivity index is 1.66. The number of para-hydroxylation sites is 1. The lowest BCUT2D eigenvalue weighted by atomic mass is 9.69. The molecule has 1 saturated carbocycles. The fourth-order valence-corrected chi connectivity index (χ4v) is 4.99. The van der Waals surface area contributed by atoms with Crippen LogP contribution >= 0.6 is 0 Å². The number of aromatic amines is 2. The number of benzene rings is 2. The van der Waals surface area contributed by atoms with Gasteiger partial charge in [-0.2, -0.15) is 5.10 Å². The number of hydrogen-bond donors (Lipinski definition) is 4. The number of hydrogen-bond acceptors (Lipinski definition) is 2. The molecule has 7 nitrogen and oxygen atoms in total. The summed E-state index contributed by atoms with van der Waals surface area (Å²) in [6.45, 7) is 6.54. The van der Waals surface area contributed by atoms with Crippen molar-refractivity contribution in [3.05, 3.63) is 119 Å². The molecular weight excluding hydrogens is 454 g/mol. The fraction of sp³-hybridized carbons (Fsp3) is 0.207. The van der Waals surface area contributed by atoms with Crippen molar-refractivity contribution < 1.29 is 24.5 Å². The molecule has 4 aromatic rings. The second-order valence-corrected chi connectivity index (χ2v) is 9.49. The summed E-state index contributed by atoms with van der Waals surface area (Å²) in [5, 5.41) is 22.8. The number of aromatic nitrogens is 3. The summed E-state index contributed by atoms with van der Waals surface area (Å²) in [5.74, 6) is -1.73. The van der Waals surface area contributed by atoms with Gasteiger partial charge in [0.05, 0.1) is 5.69 Å². The van der Waals surface area contributed by atoms with Crippen LogP contribution in [-0.4, -0.2) is 32.2 Å². The first-order valence-corrected chi connectivity index (χ1v) is 11.9. The molecule has 1 atom stereocenters. The zero-order chi connectivity index (χ0) is 25.4. The van der Waals surface area contributed by atoms with Crippen LogP contribution < -0.4 is 4.68 Å². The Morgan fingerprint density at radius 3 is 2.39 bits per heavy atom. The van der Waals surface area contributed by atoms with Crippen LogP contribution in [0.5, 0.6) is 0 Å². The van der Waals surface area contributed by atoms with E-state index in [1.165, 1.54) is 0 Å². The molecule has 0 radical (unpaired) electrons. The van der Waals surface area contributed by atoms with Crippen LogP contribution in [0, 0.1) is 0 Å². The minimum absolute atomic E-state index is 0.152. The largest absolute Gasteiger partial charge is 0.477 e. The van der Waals surface area contributed by atoms with Gasteiger partial charge in [0.2, 0.25) is 11.9 Å². The Morgan fingerprint density at radius 2 is 1.72 bits per heavy atom. The molecule has 1 fully saturated rings. The number of carboxylic acid groups (broad SMARTS) is 2. The lowest BCUT2D eigenvalue weighted by Gasteiger charge is -2.33. The van der Waals surface area contributed by atoms with E-state index in [9.17, 15) is 19.8 Å². The molecular formula is C29H28N3O4+. The molecule has 2 aromatic carbocycles. The van der Waals surface area contributed by atoms with Crippen molar-refractivity contribution in [1.29, 1.82) is 0 Å². The third-order valence-corrected chi connectivity index (χ3v) is 7.22. The minimum Gasteiger partial charge on any atom is -0.477 e. The molecule has 0 saturated heterocycles. The number of nitrogens with one attached hydrogen (secondary N) is 2. The molecule has 7 heteroatoms. The third kappa shape index (κ3) is 4.02. The molecule has 4 N–H and O–H groups in total. The van der Waals surface area contributed by atoms with Gasteiger partial charge in [0, 0.05) is 29.2 Å². The SMILES string of the molecule is C=C(Cc1cc[nH]c1C(=O)O)C(C)(c1ccccc1)c1ccccc1-[n+]1cc(C(=O)O)c(C2CC2)[nH]1. The summed E-state index contributed by atoms with van der Waals surface area (Å²) in [7, 11) is 0. The monoisotopic (exact) mass is 482 g/mol. The predicted octanol–water partition coefficient (Wildman–Crippen LogP) is 5.00. The topological polar surface area (TPSA) is 110 Å². The summed E-state index contributed by atoms with van der Waals surface area (Å²) >= 11 is 0. The summed E-state index contributed by atoms with van der Waals surface area (Å²) in [4.78, 5) is 26.5. The van der Waals surface area contributed by atoms with E-state index in [4.69, 9.17) is 0 Å². The number of H-pyrrole nitrogens is 2. The Hall–Kier alpha value is -4.39. The molecule has 2 aromatic heterocycles. The van der Waals surface area contributed by atoms with Crippen molar-refractivity contribution in [2.45, 2.75) is 37.5 Å². The second-order valence-electron chi connectivity index (χ2n) is 9.49. The first kappa shape index (κ1) is 23.4. The van der Waals surface area contributed by atoms with E-state index < -0.39 is 17.4 Å². The maximum absolute atomic E-state index is 12.0. The van der Waals surface area contributed by atoms with Crippen LogP contribution in [0.15, 0.2) is 85.2 Å². The first-order valence-electron chi connectivity index (χ1n) is 11.9. The van der Waals surface area contributed by atoms with Gasteiger partial charge in [0.15, 0.2) is 5.56 Å². The lowest BCUT2D eigenvalue weighted by molar-refractivity contribution is -0.656. The Labute approximate surface area is 208 Å². The zero-order valence-corrected chi connectivity index (χ0v) is 20.0. The van der Waals surface area contributed by atoms with E-state index in [1.807, 2.05) is 54.6 Å². The average Bonchev–Trinajstić information content (AvgIpc) is 3.44. The number of carboxylic acids is 2. The average molecular weight is 483 g/mol. The van der Waals surface area contributed by atoms with Crippen molar-refractivity contribution in [3.63, 3.8) is 0 Å². The smallest absolute Gasteiger partial charge is 0.352 e. The van der Waals surface area contributed by atoms with Crippen LogP contribution in [0.4, 0.5) is 0 Å². The summed E-state index contributed by atoms with van der Waals surface area (Å²) in [6, 6.07) is 19.6. The normalized spacial score (nSPS) is 14.8. The van der Waals surface area contributed by atoms with Gasteiger partial charge in [-0.15, -0.1) is 0 Å². The van der Waals surface area contributed by atoms with Crippen molar-refractivity contribution in [3.8, 4) is 5.69 Å². The number of nitrogens with zero attached hydrogens (tertiary/aromatic N) is 1. The summed E-state index contributed by atoms with van der Waals surface area (Å²) < 4.78 is 1.79. The standard InChI is InChI=1S/C29H27N3O4/c1-18(16-20-14-15-30-26(20)28(35)36)29(2,21-8-4-3-5-9-21)23-10-6-7-11-24(23)32-17-22(27(33)34)25(31-32)19-12-13-19/h3-11,14-15,17,19,30H,1,12-13,16H2,2H3,(H2,33,34,35,36)/p+1. The predicted molar refractivity (Wildman–Crippen MR) is 135 cm³/mol. The summed E-state index contributed by atoms with van der Waals surface area (Å²) in [6.07, 6.45) is 5.58. The lowest BCUT2D eigenvalue weighted by Crippen LogP contribution is -2.38. The molecule has 182 valence electrons. The van der Waals surface area contributed by atoms with E-state index in [-0.39, 0.29) is 17.2 Å². The van der Waals surface area contributed by atoms with Crippen LogP contribution in [0.2, 0.25) is 0 Å². The maximum atomic E-state index is 12.0. The van der Waals surface area contributed by atoms with Crippen molar-refractivity contribution in [2.75, 3.05) is 0 Å². The van der Waals surface area contributed by atoms with E-state index in [0.717, 1.165) is 40.9 Å². The van der Waals surface area contributed by atoms with Gasteiger partial charge in [-0.3, -0.25) is 0 Å². The number of allylic oxidation sites excluding steroid dienone is 1. The van der Waals surface area contributed by atoms with Gasteiger partial charge in [0.1, 0.15) is 5.69 Å². The molecule has 0 aliphatic heterocycles. The highest BCUT2D eigenvalue weighted by Crippen LogP contribution is 2.43. The molecule has 1 unspecified atom stereocenters. The van der Waals surface area contributed by atoms with Crippen LogP contribution in [0.3, 0.4) is 0 Å². The maximum Gasteiger partial charge on any atom is 0.352 e. The van der Waals surface area contributed by atoms with E-state index >= 15 is 0 Å². The van der Waals surface area contributed by atoms with E-state index in [2.05, 4.69) is 23.6 Å². The fourth-order valence-electron chi connectivity index (χ4n) is 4.99. The first-order chi connectivity index (χ1) is 17.3. The van der Waals surface area contributed by atoms with Crippen molar-refractivity contribution in [1.82, 2.24) is 10.1 Å². The molecule has 5 rings (SSSR count).